The second-order valence-electron chi connectivity index (χ2n) is 5.16. The topological polar surface area (TPSA) is 84.9 Å². The highest BCUT2D eigenvalue weighted by molar-refractivity contribution is 7.90. The van der Waals surface area contributed by atoms with Crippen molar-refractivity contribution in [3.05, 3.63) is 24.3 Å². The first-order valence-corrected chi connectivity index (χ1v) is 8.95. The van der Waals surface area contributed by atoms with Crippen molar-refractivity contribution in [2.45, 2.75) is 6.10 Å². The van der Waals surface area contributed by atoms with Crippen LogP contribution in [0.15, 0.2) is 24.3 Å². The van der Waals surface area contributed by atoms with Crippen LogP contribution in [0.1, 0.15) is 0 Å². The lowest BCUT2D eigenvalue weighted by atomic mass is 10.2. The van der Waals surface area contributed by atoms with Gasteiger partial charge in [-0.05, 0) is 12.1 Å². The van der Waals surface area contributed by atoms with E-state index in [1.54, 1.807) is 12.0 Å². The zero-order chi connectivity index (χ0) is 16.2. The van der Waals surface area contributed by atoms with E-state index < -0.39 is 9.84 Å². The van der Waals surface area contributed by atoms with Gasteiger partial charge in [0.25, 0.3) is 0 Å². The van der Waals surface area contributed by atoms with Crippen LogP contribution in [0.4, 0.5) is 4.79 Å². The van der Waals surface area contributed by atoms with Gasteiger partial charge in [-0.2, -0.15) is 0 Å². The molecule has 7 nitrogen and oxygen atoms in total. The minimum absolute atomic E-state index is 0.0618. The van der Waals surface area contributed by atoms with Gasteiger partial charge in [-0.25, -0.2) is 13.2 Å². The summed E-state index contributed by atoms with van der Waals surface area (Å²) in [7, 11) is -1.49. The highest BCUT2D eigenvalue weighted by atomic mass is 32.2. The van der Waals surface area contributed by atoms with Crippen LogP contribution in [0.25, 0.3) is 0 Å². The van der Waals surface area contributed by atoms with Crippen molar-refractivity contribution in [2.24, 2.45) is 0 Å². The molecule has 8 heteroatoms. The molecule has 1 heterocycles. The highest BCUT2D eigenvalue weighted by Crippen LogP contribution is 2.28. The second-order valence-corrected chi connectivity index (χ2v) is 7.42. The third kappa shape index (κ3) is 4.52. The van der Waals surface area contributed by atoms with Crippen LogP contribution in [0, 0.1) is 0 Å². The molecule has 0 atom stereocenters. The van der Waals surface area contributed by atoms with E-state index >= 15 is 0 Å². The summed E-state index contributed by atoms with van der Waals surface area (Å²) in [6.45, 7) is 1.04. The molecule has 0 bridgehead atoms. The molecule has 1 aromatic rings. The molecule has 1 aromatic carbocycles. The van der Waals surface area contributed by atoms with E-state index in [9.17, 15) is 13.2 Å². The van der Waals surface area contributed by atoms with Crippen molar-refractivity contribution < 1.29 is 22.7 Å². The monoisotopic (exact) mass is 328 g/mol. The third-order valence-electron chi connectivity index (χ3n) is 3.25. The van der Waals surface area contributed by atoms with Crippen LogP contribution in [-0.4, -0.2) is 64.2 Å². The van der Waals surface area contributed by atoms with Gasteiger partial charge in [0.15, 0.2) is 11.5 Å². The number of para-hydroxylation sites is 2. The van der Waals surface area contributed by atoms with E-state index in [0.29, 0.717) is 24.6 Å². The number of methoxy groups -OCH3 is 1. The molecular formula is C14H20N2O5S. The molecule has 1 fully saturated rings. The number of likely N-dealkylation sites (tertiary alicyclic amines) is 1. The lowest BCUT2D eigenvalue weighted by Crippen LogP contribution is -2.59. The Bertz CT molecular complexity index is 626. The predicted molar refractivity (Wildman–Crippen MR) is 82.1 cm³/mol. The number of carbonyl (C=O) groups excluding carboxylic acids is 1. The molecule has 2 rings (SSSR count). The first-order valence-electron chi connectivity index (χ1n) is 6.89. The smallest absolute Gasteiger partial charge is 0.317 e. The summed E-state index contributed by atoms with van der Waals surface area (Å²) in [6, 6.07) is 7.06. The van der Waals surface area contributed by atoms with Crippen molar-refractivity contribution in [3.63, 3.8) is 0 Å². The molecule has 0 radical (unpaired) electrons. The van der Waals surface area contributed by atoms with Crippen molar-refractivity contribution in [2.75, 3.05) is 38.8 Å². The summed E-state index contributed by atoms with van der Waals surface area (Å²) in [5, 5.41) is 2.58. The molecule has 1 saturated heterocycles. The van der Waals surface area contributed by atoms with Crippen molar-refractivity contribution in [1.29, 1.82) is 0 Å². The number of benzene rings is 1. The minimum atomic E-state index is -3.07. The number of nitrogens with one attached hydrogen (secondary N) is 1. The molecule has 0 aromatic heterocycles. The Morgan fingerprint density at radius 1 is 1.32 bits per heavy atom. The minimum Gasteiger partial charge on any atom is -0.493 e. The highest BCUT2D eigenvalue weighted by Gasteiger charge is 2.32. The lowest BCUT2D eigenvalue weighted by Gasteiger charge is -2.38. The molecule has 0 spiro atoms. The number of hydrogen-bond donors (Lipinski definition) is 1. The van der Waals surface area contributed by atoms with Crippen LogP contribution in [0.2, 0.25) is 0 Å². The van der Waals surface area contributed by atoms with Gasteiger partial charge >= 0.3 is 6.03 Å². The fourth-order valence-electron chi connectivity index (χ4n) is 2.03. The Balaban J connectivity index is 1.74. The molecule has 0 saturated carbocycles. The Morgan fingerprint density at radius 3 is 2.55 bits per heavy atom. The fourth-order valence-corrected chi connectivity index (χ4v) is 2.50. The van der Waals surface area contributed by atoms with Crippen LogP contribution in [0.5, 0.6) is 11.5 Å². The van der Waals surface area contributed by atoms with E-state index in [1.807, 2.05) is 24.3 Å². The normalized spacial score (nSPS) is 15.1. The maximum atomic E-state index is 11.8. The quantitative estimate of drug-likeness (QED) is 0.822. The van der Waals surface area contributed by atoms with Gasteiger partial charge in [0, 0.05) is 12.8 Å². The Morgan fingerprint density at radius 2 is 1.95 bits per heavy atom. The summed E-state index contributed by atoms with van der Waals surface area (Å²) in [4.78, 5) is 13.3. The summed E-state index contributed by atoms with van der Waals surface area (Å²) in [5.74, 6) is 1.24. The van der Waals surface area contributed by atoms with Gasteiger partial charge in [0.05, 0.1) is 26.0 Å². The largest absolute Gasteiger partial charge is 0.493 e. The van der Waals surface area contributed by atoms with Crippen molar-refractivity contribution in [3.8, 4) is 11.5 Å². The van der Waals surface area contributed by atoms with Crippen LogP contribution in [-0.2, 0) is 9.84 Å². The predicted octanol–water partition coefficient (Wildman–Crippen LogP) is 0.512. The first-order chi connectivity index (χ1) is 10.4. The number of rotatable bonds is 6. The van der Waals surface area contributed by atoms with E-state index in [-0.39, 0.29) is 24.4 Å². The number of urea groups is 1. The van der Waals surface area contributed by atoms with Gasteiger partial charge < -0.3 is 19.7 Å². The average Bonchev–Trinajstić information content (AvgIpc) is 2.41. The maximum Gasteiger partial charge on any atom is 0.317 e. The van der Waals surface area contributed by atoms with Crippen LogP contribution in [0.3, 0.4) is 0 Å². The molecule has 0 aliphatic carbocycles. The molecular weight excluding hydrogens is 308 g/mol. The van der Waals surface area contributed by atoms with Crippen molar-refractivity contribution >= 4 is 15.9 Å². The molecule has 1 N–H and O–H groups in total. The molecule has 2 amide bonds. The fraction of sp³-hybridized carbons (Fsp3) is 0.500. The number of carbonyl (C=O) groups is 1. The number of ether oxygens (including phenoxy) is 2. The Hall–Kier alpha value is -1.96. The van der Waals surface area contributed by atoms with E-state index in [1.165, 1.54) is 0 Å². The number of hydrogen-bond acceptors (Lipinski definition) is 5. The van der Waals surface area contributed by atoms with E-state index in [2.05, 4.69) is 5.32 Å². The standard InChI is InChI=1S/C14H20N2O5S/c1-20-12-5-3-4-6-13(12)21-11-9-16(10-11)14(17)15-7-8-22(2,18)19/h3-6,11H,7-10H2,1-2H3,(H,15,17). The van der Waals surface area contributed by atoms with Gasteiger partial charge in [-0.1, -0.05) is 12.1 Å². The van der Waals surface area contributed by atoms with Gasteiger partial charge in [0.1, 0.15) is 15.9 Å². The summed E-state index contributed by atoms with van der Waals surface area (Å²) >= 11 is 0. The van der Waals surface area contributed by atoms with Crippen molar-refractivity contribution in [1.82, 2.24) is 10.2 Å². The number of nitrogens with zero attached hydrogens (tertiary/aromatic N) is 1. The average molecular weight is 328 g/mol. The number of amides is 2. The van der Waals surface area contributed by atoms with Crippen LogP contribution >= 0.6 is 0 Å². The van der Waals surface area contributed by atoms with E-state index in [4.69, 9.17) is 9.47 Å². The van der Waals surface area contributed by atoms with E-state index in [0.717, 1.165) is 6.26 Å². The first kappa shape index (κ1) is 16.4. The van der Waals surface area contributed by atoms with Crippen LogP contribution < -0.4 is 14.8 Å². The molecule has 1 aliphatic rings. The Labute approximate surface area is 130 Å². The summed E-state index contributed by atoms with van der Waals surface area (Å²) in [5.41, 5.74) is 0. The molecule has 1 aliphatic heterocycles. The summed E-state index contributed by atoms with van der Waals surface area (Å²) < 4.78 is 32.9. The zero-order valence-electron chi connectivity index (χ0n) is 12.6. The Kier molecular flexibility index (Phi) is 5.12. The molecule has 122 valence electrons. The number of sulfone groups is 1. The summed E-state index contributed by atoms with van der Waals surface area (Å²) in [6.07, 6.45) is 1.05. The third-order valence-corrected chi connectivity index (χ3v) is 4.19. The molecule has 0 unspecified atom stereocenters. The lowest BCUT2D eigenvalue weighted by molar-refractivity contribution is 0.0429. The molecule has 22 heavy (non-hydrogen) atoms. The maximum absolute atomic E-state index is 11.8. The second kappa shape index (κ2) is 6.87. The SMILES string of the molecule is COc1ccccc1OC1CN(C(=O)NCCS(C)(=O)=O)C1. The van der Waals surface area contributed by atoms with Gasteiger partial charge in [-0.3, -0.25) is 0 Å². The van der Waals surface area contributed by atoms with Gasteiger partial charge in [0.2, 0.25) is 0 Å². The van der Waals surface area contributed by atoms with Gasteiger partial charge in [-0.15, -0.1) is 0 Å². The zero-order valence-corrected chi connectivity index (χ0v) is 13.4.